The van der Waals surface area contributed by atoms with Crippen molar-refractivity contribution in [1.82, 2.24) is 5.32 Å². The molecule has 0 fully saturated rings. The predicted molar refractivity (Wildman–Crippen MR) is 67.1 cm³/mol. The molecule has 0 heterocycles. The second-order valence-corrected chi connectivity index (χ2v) is 6.07. The van der Waals surface area contributed by atoms with Gasteiger partial charge in [-0.3, -0.25) is 4.79 Å². The Morgan fingerprint density at radius 3 is 2.06 bits per heavy atom. The molecule has 2 N–H and O–H groups in total. The Morgan fingerprint density at radius 1 is 1.25 bits per heavy atom. The third-order valence-corrected chi connectivity index (χ3v) is 3.32. The number of carbonyl (C=O) groups is 1. The molecule has 3 heteroatoms. The Labute approximate surface area is 99.6 Å². The monoisotopic (exact) mass is 229 g/mol. The third kappa shape index (κ3) is 5.50. The molecule has 0 saturated carbocycles. The highest BCUT2D eigenvalue weighted by Gasteiger charge is 2.24. The molecule has 0 radical (unpaired) electrons. The lowest BCUT2D eigenvalue weighted by atomic mass is 9.80. The second-order valence-electron chi connectivity index (χ2n) is 6.07. The maximum Gasteiger partial charge on any atom is 0.220 e. The van der Waals surface area contributed by atoms with E-state index >= 15 is 0 Å². The van der Waals surface area contributed by atoms with Crippen LogP contribution >= 0.6 is 0 Å². The van der Waals surface area contributed by atoms with Gasteiger partial charge in [-0.05, 0) is 17.3 Å². The molecule has 0 spiro atoms. The van der Waals surface area contributed by atoms with E-state index < -0.39 is 0 Å². The first-order valence-corrected chi connectivity index (χ1v) is 6.08. The molecule has 0 aromatic heterocycles. The molecule has 0 saturated heterocycles. The SMILES string of the molecule is CC(C)[C@@H](CO)NC(=O)CC(C)C(C)(C)C. The molecule has 96 valence electrons. The maximum atomic E-state index is 11.8. The number of aliphatic hydroxyl groups excluding tert-OH is 1. The lowest BCUT2D eigenvalue weighted by molar-refractivity contribution is -0.124. The zero-order valence-corrected chi connectivity index (χ0v) is 11.5. The fourth-order valence-corrected chi connectivity index (χ4v) is 1.27. The van der Waals surface area contributed by atoms with Gasteiger partial charge in [0.1, 0.15) is 0 Å². The van der Waals surface area contributed by atoms with Crippen LogP contribution in [0.15, 0.2) is 0 Å². The Morgan fingerprint density at radius 2 is 1.75 bits per heavy atom. The van der Waals surface area contributed by atoms with E-state index in [9.17, 15) is 4.79 Å². The van der Waals surface area contributed by atoms with Crippen molar-refractivity contribution in [2.75, 3.05) is 6.61 Å². The molecule has 0 aliphatic carbocycles. The number of hydrogen-bond donors (Lipinski definition) is 2. The van der Waals surface area contributed by atoms with Crippen molar-refractivity contribution < 1.29 is 9.90 Å². The molecule has 0 aliphatic heterocycles. The summed E-state index contributed by atoms with van der Waals surface area (Å²) >= 11 is 0. The van der Waals surface area contributed by atoms with Gasteiger partial charge in [-0.2, -0.15) is 0 Å². The van der Waals surface area contributed by atoms with Gasteiger partial charge in [0.15, 0.2) is 0 Å². The number of amides is 1. The van der Waals surface area contributed by atoms with Gasteiger partial charge in [0.2, 0.25) is 5.91 Å². The third-order valence-electron chi connectivity index (χ3n) is 3.32. The summed E-state index contributed by atoms with van der Waals surface area (Å²) in [6, 6.07) is -0.125. The fraction of sp³-hybridized carbons (Fsp3) is 0.923. The molecule has 3 nitrogen and oxygen atoms in total. The summed E-state index contributed by atoms with van der Waals surface area (Å²) in [5.41, 5.74) is 0.143. The highest BCUT2D eigenvalue weighted by molar-refractivity contribution is 5.76. The minimum absolute atomic E-state index is 0.00725. The molecule has 0 aromatic carbocycles. The first kappa shape index (κ1) is 15.4. The van der Waals surface area contributed by atoms with Crippen LogP contribution in [0.2, 0.25) is 0 Å². The fourth-order valence-electron chi connectivity index (χ4n) is 1.27. The highest BCUT2D eigenvalue weighted by atomic mass is 16.3. The number of rotatable bonds is 5. The van der Waals surface area contributed by atoms with Gasteiger partial charge in [-0.15, -0.1) is 0 Å². The van der Waals surface area contributed by atoms with E-state index in [4.69, 9.17) is 5.11 Å². The van der Waals surface area contributed by atoms with Crippen molar-refractivity contribution in [3.63, 3.8) is 0 Å². The van der Waals surface area contributed by atoms with Crippen molar-refractivity contribution in [2.45, 2.75) is 54.0 Å². The van der Waals surface area contributed by atoms with Crippen LogP contribution in [0, 0.1) is 17.3 Å². The average molecular weight is 229 g/mol. The predicted octanol–water partition coefficient (Wildman–Crippen LogP) is 2.19. The molecular formula is C13H27NO2. The summed E-state index contributed by atoms with van der Waals surface area (Å²) in [5.74, 6) is 0.632. The molecule has 0 bridgehead atoms. The van der Waals surface area contributed by atoms with E-state index in [1.54, 1.807) is 0 Å². The molecule has 2 atom stereocenters. The maximum absolute atomic E-state index is 11.8. The minimum atomic E-state index is -0.125. The van der Waals surface area contributed by atoms with Gasteiger partial charge in [0, 0.05) is 6.42 Å². The van der Waals surface area contributed by atoms with Crippen LogP contribution in [0.5, 0.6) is 0 Å². The first-order chi connectivity index (χ1) is 7.18. The summed E-state index contributed by atoms with van der Waals surface area (Å²) in [7, 11) is 0. The number of nitrogens with one attached hydrogen (secondary N) is 1. The van der Waals surface area contributed by atoms with Crippen LogP contribution in [-0.2, 0) is 4.79 Å². The van der Waals surface area contributed by atoms with Gasteiger partial charge in [-0.25, -0.2) is 0 Å². The number of aliphatic hydroxyl groups is 1. The van der Waals surface area contributed by atoms with Gasteiger partial charge in [0.05, 0.1) is 12.6 Å². The molecule has 1 amide bonds. The summed E-state index contributed by atoms with van der Waals surface area (Å²) in [6.45, 7) is 12.5. The van der Waals surface area contributed by atoms with Gasteiger partial charge < -0.3 is 10.4 Å². The Kier molecular flexibility index (Phi) is 6.01. The Bertz CT molecular complexity index is 212. The molecule has 16 heavy (non-hydrogen) atoms. The normalized spacial score (nSPS) is 16.0. The van der Waals surface area contributed by atoms with Crippen LogP contribution in [-0.4, -0.2) is 23.7 Å². The average Bonchev–Trinajstić information content (AvgIpc) is 2.11. The Balaban J connectivity index is 4.18. The van der Waals surface area contributed by atoms with Crippen LogP contribution in [0.1, 0.15) is 48.0 Å². The van der Waals surface area contributed by atoms with Crippen molar-refractivity contribution in [1.29, 1.82) is 0 Å². The zero-order chi connectivity index (χ0) is 12.9. The van der Waals surface area contributed by atoms with Crippen LogP contribution in [0.3, 0.4) is 0 Å². The Hall–Kier alpha value is -0.570. The minimum Gasteiger partial charge on any atom is -0.394 e. The van der Waals surface area contributed by atoms with Crippen LogP contribution in [0.25, 0.3) is 0 Å². The van der Waals surface area contributed by atoms with E-state index in [1.807, 2.05) is 13.8 Å². The van der Waals surface area contributed by atoms with E-state index in [2.05, 4.69) is 33.0 Å². The van der Waals surface area contributed by atoms with Gasteiger partial charge in [0.25, 0.3) is 0 Å². The van der Waals surface area contributed by atoms with Gasteiger partial charge in [-0.1, -0.05) is 41.5 Å². The van der Waals surface area contributed by atoms with Crippen molar-refractivity contribution in [2.24, 2.45) is 17.3 Å². The standard InChI is InChI=1S/C13H27NO2/c1-9(2)11(8-15)14-12(16)7-10(3)13(4,5)6/h9-11,15H,7-8H2,1-6H3,(H,14,16)/t10?,11-/m1/s1. The topological polar surface area (TPSA) is 49.3 Å². The summed E-state index contributed by atoms with van der Waals surface area (Å²) in [5, 5.41) is 12.0. The molecule has 0 rings (SSSR count). The second kappa shape index (κ2) is 6.24. The largest absolute Gasteiger partial charge is 0.394 e. The van der Waals surface area contributed by atoms with Crippen molar-refractivity contribution >= 4 is 5.91 Å². The van der Waals surface area contributed by atoms with Crippen molar-refractivity contribution in [3.8, 4) is 0 Å². The van der Waals surface area contributed by atoms with Crippen LogP contribution < -0.4 is 5.32 Å². The lowest BCUT2D eigenvalue weighted by Gasteiger charge is -2.28. The van der Waals surface area contributed by atoms with E-state index in [1.165, 1.54) is 0 Å². The van der Waals surface area contributed by atoms with Crippen molar-refractivity contribution in [3.05, 3.63) is 0 Å². The lowest BCUT2D eigenvalue weighted by Crippen LogP contribution is -2.42. The molecule has 0 aromatic rings. The first-order valence-electron chi connectivity index (χ1n) is 6.08. The number of carbonyl (C=O) groups excluding carboxylic acids is 1. The summed E-state index contributed by atoms with van der Waals surface area (Å²) < 4.78 is 0. The summed E-state index contributed by atoms with van der Waals surface area (Å²) in [4.78, 5) is 11.8. The van der Waals surface area contributed by atoms with Gasteiger partial charge >= 0.3 is 0 Å². The number of hydrogen-bond acceptors (Lipinski definition) is 2. The zero-order valence-electron chi connectivity index (χ0n) is 11.5. The molecule has 1 unspecified atom stereocenters. The van der Waals surface area contributed by atoms with E-state index in [0.717, 1.165) is 0 Å². The van der Waals surface area contributed by atoms with Crippen LogP contribution in [0.4, 0.5) is 0 Å². The van der Waals surface area contributed by atoms with E-state index in [0.29, 0.717) is 12.3 Å². The highest BCUT2D eigenvalue weighted by Crippen LogP contribution is 2.27. The smallest absolute Gasteiger partial charge is 0.220 e. The molecule has 0 aliphatic rings. The van der Waals surface area contributed by atoms with E-state index in [-0.39, 0.29) is 29.9 Å². The quantitative estimate of drug-likeness (QED) is 0.759. The molecular weight excluding hydrogens is 202 g/mol. The summed E-state index contributed by atoms with van der Waals surface area (Å²) in [6.07, 6.45) is 0.521.